The van der Waals surface area contributed by atoms with Gasteiger partial charge in [-0.05, 0) is 24.7 Å². The Morgan fingerprint density at radius 1 is 0.762 bits per heavy atom. The van der Waals surface area contributed by atoms with Gasteiger partial charge < -0.3 is 21.3 Å². The van der Waals surface area contributed by atoms with E-state index < -0.39 is 5.69 Å². The average molecular weight is 354 g/mol. The molecule has 21 heavy (non-hydrogen) atoms. The first-order valence-electron chi connectivity index (χ1n) is 8.43. The number of unbranched alkanes of at least 4 members (excludes halogenated alkanes) is 4. The second kappa shape index (κ2) is 13.4. The van der Waals surface area contributed by atoms with Gasteiger partial charge in [0.25, 0.3) is 0 Å². The molecule has 128 valence electrons. The van der Waals surface area contributed by atoms with Gasteiger partial charge in [0.05, 0.1) is 18.9 Å². The van der Waals surface area contributed by atoms with Gasteiger partial charge in [-0.1, -0.05) is 78.0 Å². The molecule has 0 saturated carbocycles. The summed E-state index contributed by atoms with van der Waals surface area (Å²) in [6.45, 7) is 10.4. The van der Waals surface area contributed by atoms with E-state index >= 15 is 0 Å². The molecule has 0 N–H and O–H groups in total. The van der Waals surface area contributed by atoms with Crippen molar-refractivity contribution in [1.29, 1.82) is 0 Å². The van der Waals surface area contributed by atoms with Crippen molar-refractivity contribution in [2.45, 2.75) is 79.1 Å². The van der Waals surface area contributed by atoms with Gasteiger partial charge in [0.15, 0.2) is 0 Å². The molecule has 0 unspecified atom stereocenters. The first kappa shape index (κ1) is 21.9. The Labute approximate surface area is 143 Å². The first-order valence-corrected chi connectivity index (χ1v) is 12.1. The lowest BCUT2D eigenvalue weighted by Gasteiger charge is -2.28. The molecule has 0 heterocycles. The van der Waals surface area contributed by atoms with E-state index in [1.54, 1.807) is 0 Å². The summed E-state index contributed by atoms with van der Waals surface area (Å²) >= 11 is 10.5. The molecule has 0 aromatic carbocycles. The van der Waals surface area contributed by atoms with Crippen LogP contribution in [-0.4, -0.2) is 13.2 Å². The molecule has 0 bridgehead atoms. The van der Waals surface area contributed by atoms with Crippen molar-refractivity contribution in [2.24, 2.45) is 11.8 Å². The lowest BCUT2D eigenvalue weighted by molar-refractivity contribution is 0.249. The van der Waals surface area contributed by atoms with Crippen molar-refractivity contribution in [2.75, 3.05) is 13.2 Å². The molecule has 5 heteroatoms. The van der Waals surface area contributed by atoms with Gasteiger partial charge in [-0.25, -0.2) is 0 Å². The summed E-state index contributed by atoms with van der Waals surface area (Å²) in [5.41, 5.74) is -2.41. The topological polar surface area (TPSA) is 18.5 Å². The van der Waals surface area contributed by atoms with Gasteiger partial charge in [-0.15, -0.1) is 0 Å². The monoisotopic (exact) mass is 353 g/mol. The fourth-order valence-electron chi connectivity index (χ4n) is 2.05. The minimum Gasteiger partial charge on any atom is -0.691 e. The molecule has 0 aromatic rings. The Kier molecular flexibility index (Phi) is 14.0. The zero-order chi connectivity index (χ0) is 16.1. The van der Waals surface area contributed by atoms with E-state index in [-0.39, 0.29) is 0 Å². The van der Waals surface area contributed by atoms with E-state index in [1.807, 2.05) is 0 Å². The number of hydrogen-bond donors (Lipinski definition) is 0. The van der Waals surface area contributed by atoms with Crippen LogP contribution in [-0.2, 0) is 33.1 Å². The predicted molar refractivity (Wildman–Crippen MR) is 100 cm³/mol. The molecule has 0 aromatic heterocycles. The van der Waals surface area contributed by atoms with Crippen molar-refractivity contribution in [3.63, 3.8) is 0 Å². The maximum Gasteiger partial charge on any atom is 0.0563 e. The van der Waals surface area contributed by atoms with Gasteiger partial charge in [0, 0.05) is 0 Å². The quantitative estimate of drug-likeness (QED) is 0.209. The Bertz CT molecular complexity index is 259. The van der Waals surface area contributed by atoms with E-state index in [0.29, 0.717) is 13.2 Å². The standard InChI is InChI=1S/C16H35O2PS2/c1-15(2)11-7-5-9-13-17-19(20,21)18-14-10-6-8-12-16(3)4/h15-16H,5-14H2,1-4H3,(H,20,21)/p-1. The molecule has 0 saturated heterocycles. The van der Waals surface area contributed by atoms with E-state index in [1.165, 1.54) is 38.5 Å². The van der Waals surface area contributed by atoms with E-state index in [2.05, 4.69) is 27.7 Å². The van der Waals surface area contributed by atoms with Gasteiger partial charge >= 0.3 is 0 Å². The molecule has 0 radical (unpaired) electrons. The molecule has 0 fully saturated rings. The zero-order valence-electron chi connectivity index (χ0n) is 14.3. The van der Waals surface area contributed by atoms with Crippen LogP contribution in [0, 0.1) is 11.8 Å². The maximum absolute atomic E-state index is 5.60. The smallest absolute Gasteiger partial charge is 0.0563 e. The van der Waals surface area contributed by atoms with E-state index in [9.17, 15) is 0 Å². The van der Waals surface area contributed by atoms with Crippen molar-refractivity contribution in [3.8, 4) is 0 Å². The summed E-state index contributed by atoms with van der Waals surface area (Å²) < 4.78 is 11.2. The zero-order valence-corrected chi connectivity index (χ0v) is 16.8. The normalized spacial score (nSPS) is 12.5. The first-order chi connectivity index (χ1) is 9.83. The molecule has 0 atom stereocenters. The summed E-state index contributed by atoms with van der Waals surface area (Å²) in [5, 5.41) is 0. The maximum atomic E-state index is 5.60. The van der Waals surface area contributed by atoms with Crippen LogP contribution >= 0.6 is 5.69 Å². The van der Waals surface area contributed by atoms with Crippen LogP contribution in [0.5, 0.6) is 0 Å². The molecular formula is C16H34O2PS2-. The van der Waals surface area contributed by atoms with Crippen molar-refractivity contribution in [1.82, 2.24) is 0 Å². The molecule has 0 aliphatic rings. The Balaban J connectivity index is 3.45. The van der Waals surface area contributed by atoms with Gasteiger partial charge in [-0.2, -0.15) is 0 Å². The molecule has 2 nitrogen and oxygen atoms in total. The molecule has 0 aliphatic heterocycles. The molecule has 0 spiro atoms. The third kappa shape index (κ3) is 17.1. The lowest BCUT2D eigenvalue weighted by Crippen LogP contribution is -1.98. The minimum absolute atomic E-state index is 0.659. The van der Waals surface area contributed by atoms with Gasteiger partial charge in [-0.3, -0.25) is 0 Å². The van der Waals surface area contributed by atoms with Crippen molar-refractivity contribution < 1.29 is 9.05 Å². The minimum atomic E-state index is -2.41. The third-order valence-electron chi connectivity index (χ3n) is 3.35. The van der Waals surface area contributed by atoms with Gasteiger partial charge in [0.2, 0.25) is 0 Å². The van der Waals surface area contributed by atoms with Crippen LogP contribution < -0.4 is 0 Å². The molecule has 0 aliphatic carbocycles. The lowest BCUT2D eigenvalue weighted by atomic mass is 10.1. The molecular weight excluding hydrogens is 319 g/mol. The highest BCUT2D eigenvalue weighted by Gasteiger charge is 2.03. The fraction of sp³-hybridized carbons (Fsp3) is 1.00. The van der Waals surface area contributed by atoms with Crippen LogP contribution in [0.4, 0.5) is 0 Å². The number of hydrogen-bond acceptors (Lipinski definition) is 4. The van der Waals surface area contributed by atoms with Crippen LogP contribution in [0.25, 0.3) is 0 Å². The van der Waals surface area contributed by atoms with Crippen LogP contribution in [0.2, 0.25) is 0 Å². The van der Waals surface area contributed by atoms with Gasteiger partial charge in [0.1, 0.15) is 0 Å². The second-order valence-corrected chi connectivity index (χ2v) is 11.6. The molecule has 0 amide bonds. The highest BCUT2D eigenvalue weighted by Crippen LogP contribution is 2.46. The summed E-state index contributed by atoms with van der Waals surface area (Å²) in [7, 11) is 0. The predicted octanol–water partition coefficient (Wildman–Crippen LogP) is 6.22. The van der Waals surface area contributed by atoms with Crippen molar-refractivity contribution >= 4 is 29.7 Å². The summed E-state index contributed by atoms with van der Waals surface area (Å²) in [5.74, 6) is 1.57. The molecule has 0 rings (SSSR count). The Morgan fingerprint density at radius 2 is 1.14 bits per heavy atom. The summed E-state index contributed by atoms with van der Waals surface area (Å²) in [6, 6.07) is 0. The van der Waals surface area contributed by atoms with E-state index in [4.69, 9.17) is 33.1 Å². The SMILES string of the molecule is CC(C)CCCCCOP(=S)([S-])OCCCCCC(C)C. The Morgan fingerprint density at radius 3 is 1.48 bits per heavy atom. The summed E-state index contributed by atoms with van der Waals surface area (Å²) in [6.07, 6.45) is 9.56. The average Bonchev–Trinajstić information content (AvgIpc) is 2.37. The Hall–Kier alpha value is 0.920. The summed E-state index contributed by atoms with van der Waals surface area (Å²) in [4.78, 5) is 0. The largest absolute Gasteiger partial charge is 0.691 e. The van der Waals surface area contributed by atoms with E-state index in [0.717, 1.165) is 24.7 Å². The highest BCUT2D eigenvalue weighted by atomic mass is 32.9. The van der Waals surface area contributed by atoms with Crippen molar-refractivity contribution in [3.05, 3.63) is 0 Å². The van der Waals surface area contributed by atoms with Crippen LogP contribution in [0.15, 0.2) is 0 Å². The van der Waals surface area contributed by atoms with Crippen LogP contribution in [0.3, 0.4) is 0 Å². The highest BCUT2D eigenvalue weighted by molar-refractivity contribution is 8.51. The van der Waals surface area contributed by atoms with Crippen LogP contribution in [0.1, 0.15) is 79.1 Å². The number of rotatable bonds is 14. The third-order valence-corrected chi connectivity index (χ3v) is 5.61. The second-order valence-electron chi connectivity index (χ2n) is 6.60. The fourth-order valence-corrected chi connectivity index (χ4v) is 3.73.